The lowest BCUT2D eigenvalue weighted by Gasteiger charge is -2.01. The summed E-state index contributed by atoms with van der Waals surface area (Å²) in [5, 5.41) is 2.63. The Balaban J connectivity index is 1.87. The molecule has 0 aliphatic carbocycles. The van der Waals surface area contributed by atoms with Crippen LogP contribution in [0.4, 0.5) is 0 Å². The summed E-state index contributed by atoms with van der Waals surface area (Å²) in [7, 11) is 0. The van der Waals surface area contributed by atoms with E-state index in [4.69, 9.17) is 0 Å². The van der Waals surface area contributed by atoms with Gasteiger partial charge in [-0.1, -0.05) is 48.5 Å². The van der Waals surface area contributed by atoms with Gasteiger partial charge in [0.15, 0.2) is 11.9 Å². The molecule has 0 fully saturated rings. The number of aryl methyl sites for hydroxylation is 2. The average Bonchev–Trinajstić information content (AvgIpc) is 2.46. The minimum Gasteiger partial charge on any atom is -0.215 e. The Morgan fingerprint density at radius 1 is 0.722 bits per heavy atom. The quantitative estimate of drug-likeness (QED) is 0.659. The number of H-pyrrole nitrogens is 1. The number of rotatable bonds is 3. The SMILES string of the molecule is c1ccc(CCc2[nH+]ccc3ccccc23)cc1. The van der Waals surface area contributed by atoms with Crippen LogP contribution in [0, 0.1) is 0 Å². The monoisotopic (exact) mass is 234 g/mol. The molecule has 0 aliphatic heterocycles. The topological polar surface area (TPSA) is 14.1 Å². The molecule has 88 valence electrons. The molecule has 1 heterocycles. The van der Waals surface area contributed by atoms with Crippen molar-refractivity contribution < 1.29 is 4.98 Å². The molecule has 18 heavy (non-hydrogen) atoms. The van der Waals surface area contributed by atoms with E-state index in [1.165, 1.54) is 22.0 Å². The van der Waals surface area contributed by atoms with Crippen molar-refractivity contribution in [1.82, 2.24) is 0 Å². The maximum absolute atomic E-state index is 3.38. The Morgan fingerprint density at radius 2 is 1.50 bits per heavy atom. The van der Waals surface area contributed by atoms with Crippen molar-refractivity contribution in [3.63, 3.8) is 0 Å². The van der Waals surface area contributed by atoms with Gasteiger partial charge in [-0.2, -0.15) is 0 Å². The Hall–Kier alpha value is -2.15. The first-order valence-corrected chi connectivity index (χ1v) is 6.36. The van der Waals surface area contributed by atoms with Gasteiger partial charge in [-0.05, 0) is 23.4 Å². The molecule has 3 aromatic rings. The van der Waals surface area contributed by atoms with Crippen LogP contribution in [0.25, 0.3) is 10.8 Å². The molecule has 0 radical (unpaired) electrons. The first kappa shape index (κ1) is 11.0. The number of aromatic amines is 1. The van der Waals surface area contributed by atoms with Crippen LogP contribution >= 0.6 is 0 Å². The average molecular weight is 234 g/mol. The van der Waals surface area contributed by atoms with Gasteiger partial charge in [0.2, 0.25) is 0 Å². The molecule has 0 bridgehead atoms. The van der Waals surface area contributed by atoms with E-state index >= 15 is 0 Å². The number of pyridine rings is 1. The second kappa shape index (κ2) is 5.01. The van der Waals surface area contributed by atoms with E-state index in [2.05, 4.69) is 65.6 Å². The summed E-state index contributed by atoms with van der Waals surface area (Å²) in [5.41, 5.74) is 2.70. The minimum absolute atomic E-state index is 1.05. The van der Waals surface area contributed by atoms with Gasteiger partial charge in [0.25, 0.3) is 0 Å². The normalized spacial score (nSPS) is 10.7. The van der Waals surface area contributed by atoms with Crippen LogP contribution in [0.2, 0.25) is 0 Å². The van der Waals surface area contributed by atoms with Gasteiger partial charge in [-0.25, -0.2) is 4.98 Å². The fraction of sp³-hybridized carbons (Fsp3) is 0.118. The van der Waals surface area contributed by atoms with Crippen LogP contribution in [0.5, 0.6) is 0 Å². The molecular formula is C17H16N+. The van der Waals surface area contributed by atoms with Crippen molar-refractivity contribution in [1.29, 1.82) is 0 Å². The van der Waals surface area contributed by atoms with E-state index in [1.807, 2.05) is 6.20 Å². The van der Waals surface area contributed by atoms with Crippen molar-refractivity contribution in [2.45, 2.75) is 12.8 Å². The first-order chi connectivity index (χ1) is 8.93. The fourth-order valence-corrected chi connectivity index (χ4v) is 2.35. The van der Waals surface area contributed by atoms with Gasteiger partial charge in [-0.3, -0.25) is 0 Å². The Morgan fingerprint density at radius 3 is 2.39 bits per heavy atom. The smallest absolute Gasteiger partial charge is 0.187 e. The van der Waals surface area contributed by atoms with Crippen molar-refractivity contribution in [3.8, 4) is 0 Å². The lowest BCUT2D eigenvalue weighted by atomic mass is 10.0. The zero-order valence-electron chi connectivity index (χ0n) is 10.3. The fourth-order valence-electron chi connectivity index (χ4n) is 2.35. The van der Waals surface area contributed by atoms with Crippen LogP contribution in [0.1, 0.15) is 11.3 Å². The van der Waals surface area contributed by atoms with Crippen molar-refractivity contribution in [3.05, 3.63) is 78.1 Å². The second-order valence-corrected chi connectivity index (χ2v) is 4.53. The van der Waals surface area contributed by atoms with Gasteiger partial charge >= 0.3 is 0 Å². The maximum atomic E-state index is 3.38. The van der Waals surface area contributed by atoms with Crippen molar-refractivity contribution in [2.24, 2.45) is 0 Å². The van der Waals surface area contributed by atoms with E-state index in [-0.39, 0.29) is 0 Å². The highest BCUT2D eigenvalue weighted by Crippen LogP contribution is 2.15. The molecule has 0 spiro atoms. The number of hydrogen-bond acceptors (Lipinski definition) is 0. The van der Waals surface area contributed by atoms with Gasteiger partial charge in [0, 0.05) is 17.9 Å². The third kappa shape index (κ3) is 2.25. The molecule has 0 unspecified atom stereocenters. The van der Waals surface area contributed by atoms with E-state index < -0.39 is 0 Å². The first-order valence-electron chi connectivity index (χ1n) is 6.36. The number of benzene rings is 2. The predicted molar refractivity (Wildman–Crippen MR) is 74.4 cm³/mol. The Kier molecular flexibility index (Phi) is 3.05. The molecular weight excluding hydrogens is 218 g/mol. The molecule has 0 amide bonds. The molecule has 1 heteroatoms. The molecule has 2 aromatic carbocycles. The zero-order chi connectivity index (χ0) is 12.2. The Bertz CT molecular complexity index is 639. The highest BCUT2D eigenvalue weighted by Gasteiger charge is 2.07. The third-order valence-electron chi connectivity index (χ3n) is 3.31. The molecule has 0 saturated carbocycles. The van der Waals surface area contributed by atoms with Crippen LogP contribution in [-0.4, -0.2) is 0 Å². The molecule has 0 aliphatic rings. The summed E-state index contributed by atoms with van der Waals surface area (Å²) >= 11 is 0. The Labute approximate surface area is 107 Å². The number of aromatic nitrogens is 1. The molecule has 0 saturated heterocycles. The van der Waals surface area contributed by atoms with Gasteiger partial charge in [0.1, 0.15) is 0 Å². The standard InChI is InChI=1S/C17H15N/c1-2-6-14(7-3-1)10-11-17-16-9-5-4-8-15(16)12-13-18-17/h1-9,12-13H,10-11H2/p+1. The summed E-state index contributed by atoms with van der Waals surface area (Å²) < 4.78 is 0. The highest BCUT2D eigenvalue weighted by molar-refractivity contribution is 5.83. The lowest BCUT2D eigenvalue weighted by molar-refractivity contribution is -0.387. The largest absolute Gasteiger partial charge is 0.215 e. The van der Waals surface area contributed by atoms with Gasteiger partial charge in [-0.15, -0.1) is 0 Å². The van der Waals surface area contributed by atoms with Gasteiger partial charge in [0.05, 0.1) is 0 Å². The van der Waals surface area contributed by atoms with Crippen LogP contribution in [0.3, 0.4) is 0 Å². The van der Waals surface area contributed by atoms with Crippen molar-refractivity contribution in [2.75, 3.05) is 0 Å². The molecule has 1 nitrogen and oxygen atoms in total. The zero-order valence-corrected chi connectivity index (χ0v) is 10.3. The van der Waals surface area contributed by atoms with Crippen molar-refractivity contribution >= 4 is 10.8 Å². The third-order valence-corrected chi connectivity index (χ3v) is 3.31. The molecule has 0 atom stereocenters. The predicted octanol–water partition coefficient (Wildman–Crippen LogP) is 3.44. The number of hydrogen-bond donors (Lipinski definition) is 0. The number of nitrogens with one attached hydrogen (secondary N) is 1. The summed E-state index contributed by atoms with van der Waals surface area (Å²) in [4.78, 5) is 3.38. The van der Waals surface area contributed by atoms with Crippen LogP contribution in [0.15, 0.2) is 66.9 Å². The molecule has 1 aromatic heterocycles. The summed E-state index contributed by atoms with van der Waals surface area (Å²) in [6.07, 6.45) is 4.15. The summed E-state index contributed by atoms with van der Waals surface area (Å²) in [6.45, 7) is 0. The maximum Gasteiger partial charge on any atom is 0.187 e. The second-order valence-electron chi connectivity index (χ2n) is 4.53. The van der Waals surface area contributed by atoms with E-state index in [9.17, 15) is 0 Å². The van der Waals surface area contributed by atoms with Crippen LogP contribution in [-0.2, 0) is 12.8 Å². The van der Waals surface area contributed by atoms with E-state index in [1.54, 1.807) is 0 Å². The lowest BCUT2D eigenvalue weighted by Crippen LogP contribution is -2.11. The van der Waals surface area contributed by atoms with Gasteiger partial charge < -0.3 is 0 Å². The number of fused-ring (bicyclic) bond motifs is 1. The highest BCUT2D eigenvalue weighted by atomic mass is 14.7. The summed E-state index contributed by atoms with van der Waals surface area (Å²) in [6, 6.07) is 21.3. The minimum atomic E-state index is 1.05. The summed E-state index contributed by atoms with van der Waals surface area (Å²) in [5.74, 6) is 0. The van der Waals surface area contributed by atoms with Crippen LogP contribution < -0.4 is 4.98 Å². The van der Waals surface area contributed by atoms with E-state index in [0.717, 1.165) is 12.8 Å². The molecule has 1 N–H and O–H groups in total. The van der Waals surface area contributed by atoms with E-state index in [0.29, 0.717) is 0 Å². The molecule has 3 rings (SSSR count).